The summed E-state index contributed by atoms with van der Waals surface area (Å²) in [6.07, 6.45) is 1.02. The lowest BCUT2D eigenvalue weighted by Crippen LogP contribution is -2.12. The van der Waals surface area contributed by atoms with Gasteiger partial charge in [0.05, 0.1) is 11.9 Å². The lowest BCUT2D eigenvalue weighted by molar-refractivity contribution is 0.619. The van der Waals surface area contributed by atoms with E-state index in [1.807, 2.05) is 13.0 Å². The molecular weight excluding hydrogens is 337 g/mol. The van der Waals surface area contributed by atoms with Gasteiger partial charge in [0.15, 0.2) is 11.6 Å². The van der Waals surface area contributed by atoms with E-state index in [0.29, 0.717) is 10.7 Å². The molecule has 0 atom stereocenters. The topological polar surface area (TPSA) is 75.9 Å². The molecule has 0 bridgehead atoms. The number of hydrogen-bond acceptors (Lipinski definition) is 5. The number of nitrogens with zero attached hydrogens (tertiary/aromatic N) is 2. The zero-order valence-electron chi connectivity index (χ0n) is 9.84. The summed E-state index contributed by atoms with van der Waals surface area (Å²) >= 11 is 9.40. The minimum atomic E-state index is -0.595. The zero-order chi connectivity index (χ0) is 14.0. The predicted octanol–water partition coefficient (Wildman–Crippen LogP) is 3.37. The molecule has 4 N–H and O–H groups in total. The van der Waals surface area contributed by atoms with Gasteiger partial charge in [0.1, 0.15) is 0 Å². The summed E-state index contributed by atoms with van der Waals surface area (Å²) < 4.78 is 14.3. The second-order valence-electron chi connectivity index (χ2n) is 3.74. The molecule has 1 aromatic carbocycles. The molecule has 1 heterocycles. The normalized spacial score (nSPS) is 10.4. The molecule has 0 aliphatic rings. The maximum atomic E-state index is 13.6. The second-order valence-corrected chi connectivity index (χ2v) is 5.00. The number of nitrogen functional groups attached to an aromatic ring is 1. The first-order valence-corrected chi connectivity index (χ1v) is 6.40. The van der Waals surface area contributed by atoms with Gasteiger partial charge in [-0.1, -0.05) is 11.6 Å². The third kappa shape index (κ3) is 3.12. The lowest BCUT2D eigenvalue weighted by atomic mass is 10.2. The first-order valence-electron chi connectivity index (χ1n) is 5.23. The Labute approximate surface area is 122 Å². The van der Waals surface area contributed by atoms with Crippen LogP contribution in [-0.2, 0) is 0 Å². The molecule has 5 nitrogen and oxygen atoms in total. The second kappa shape index (κ2) is 5.68. The fourth-order valence-electron chi connectivity index (χ4n) is 1.39. The number of aryl methyl sites for hydroxylation is 1. The number of nitrogens with two attached hydrogens (primary N) is 1. The van der Waals surface area contributed by atoms with Crippen LogP contribution in [0.25, 0.3) is 0 Å². The Kier molecular flexibility index (Phi) is 4.18. The van der Waals surface area contributed by atoms with Crippen LogP contribution in [0.3, 0.4) is 0 Å². The van der Waals surface area contributed by atoms with Crippen LogP contribution in [0.2, 0.25) is 5.02 Å². The molecule has 0 unspecified atom stereocenters. The SMILES string of the molecule is Cc1cc(Br)c(Nc2nc(NN)ncc2F)cc1Cl. The highest BCUT2D eigenvalue weighted by Gasteiger charge is 2.10. The van der Waals surface area contributed by atoms with Crippen LogP contribution in [0.1, 0.15) is 5.56 Å². The van der Waals surface area contributed by atoms with Crippen molar-refractivity contribution in [3.8, 4) is 0 Å². The highest BCUT2D eigenvalue weighted by Crippen LogP contribution is 2.31. The molecule has 0 saturated carbocycles. The Morgan fingerprint density at radius 1 is 1.42 bits per heavy atom. The maximum absolute atomic E-state index is 13.6. The number of nitrogens with one attached hydrogen (secondary N) is 2. The molecule has 2 aromatic rings. The van der Waals surface area contributed by atoms with Crippen LogP contribution in [0.5, 0.6) is 0 Å². The Morgan fingerprint density at radius 2 is 2.16 bits per heavy atom. The van der Waals surface area contributed by atoms with Gasteiger partial charge in [0.25, 0.3) is 0 Å². The van der Waals surface area contributed by atoms with E-state index in [0.717, 1.165) is 16.2 Å². The molecule has 19 heavy (non-hydrogen) atoms. The van der Waals surface area contributed by atoms with Gasteiger partial charge in [-0.25, -0.2) is 15.2 Å². The fourth-order valence-corrected chi connectivity index (χ4v) is 2.11. The first kappa shape index (κ1) is 14.0. The number of hydrazine groups is 1. The van der Waals surface area contributed by atoms with E-state index < -0.39 is 5.82 Å². The van der Waals surface area contributed by atoms with Crippen molar-refractivity contribution in [1.82, 2.24) is 9.97 Å². The van der Waals surface area contributed by atoms with Gasteiger partial charge in [-0.15, -0.1) is 0 Å². The van der Waals surface area contributed by atoms with Crippen LogP contribution >= 0.6 is 27.5 Å². The number of anilines is 3. The molecule has 1 aromatic heterocycles. The summed E-state index contributed by atoms with van der Waals surface area (Å²) in [5.41, 5.74) is 3.75. The highest BCUT2D eigenvalue weighted by molar-refractivity contribution is 9.10. The fraction of sp³-hybridized carbons (Fsp3) is 0.0909. The third-order valence-corrected chi connectivity index (χ3v) is 3.44. The summed E-state index contributed by atoms with van der Waals surface area (Å²) in [4.78, 5) is 7.54. The Balaban J connectivity index is 2.38. The van der Waals surface area contributed by atoms with E-state index in [-0.39, 0.29) is 11.8 Å². The Hall–Kier alpha value is -1.44. The van der Waals surface area contributed by atoms with Gasteiger partial charge in [0, 0.05) is 9.50 Å². The summed E-state index contributed by atoms with van der Waals surface area (Å²) in [5.74, 6) is 4.70. The lowest BCUT2D eigenvalue weighted by Gasteiger charge is -2.11. The van der Waals surface area contributed by atoms with E-state index in [4.69, 9.17) is 17.4 Å². The van der Waals surface area contributed by atoms with Crippen molar-refractivity contribution in [3.63, 3.8) is 0 Å². The van der Waals surface area contributed by atoms with Gasteiger partial charge < -0.3 is 5.32 Å². The monoisotopic (exact) mass is 345 g/mol. The maximum Gasteiger partial charge on any atom is 0.239 e. The van der Waals surface area contributed by atoms with Crippen molar-refractivity contribution < 1.29 is 4.39 Å². The van der Waals surface area contributed by atoms with E-state index in [2.05, 4.69) is 36.6 Å². The third-order valence-electron chi connectivity index (χ3n) is 2.37. The van der Waals surface area contributed by atoms with Crippen LogP contribution in [-0.4, -0.2) is 9.97 Å². The molecule has 0 aliphatic heterocycles. The highest BCUT2D eigenvalue weighted by atomic mass is 79.9. The van der Waals surface area contributed by atoms with Crippen molar-refractivity contribution in [3.05, 3.63) is 39.2 Å². The number of halogens is 3. The molecule has 0 saturated heterocycles. The number of rotatable bonds is 3. The summed E-state index contributed by atoms with van der Waals surface area (Å²) in [6.45, 7) is 1.87. The minimum absolute atomic E-state index is 0.00331. The van der Waals surface area contributed by atoms with Crippen LogP contribution in [0.15, 0.2) is 22.8 Å². The Morgan fingerprint density at radius 3 is 2.84 bits per heavy atom. The largest absolute Gasteiger partial charge is 0.337 e. The predicted molar refractivity (Wildman–Crippen MR) is 77.0 cm³/mol. The molecular formula is C11H10BrClFN5. The molecule has 0 radical (unpaired) electrons. The molecule has 0 fully saturated rings. The van der Waals surface area contributed by atoms with Crippen molar-refractivity contribution >= 4 is 45.0 Å². The van der Waals surface area contributed by atoms with Gasteiger partial charge in [-0.05, 0) is 40.5 Å². The van der Waals surface area contributed by atoms with Crippen molar-refractivity contribution in [2.24, 2.45) is 5.84 Å². The van der Waals surface area contributed by atoms with E-state index in [9.17, 15) is 4.39 Å². The van der Waals surface area contributed by atoms with Crippen LogP contribution in [0.4, 0.5) is 21.8 Å². The molecule has 0 amide bonds. The zero-order valence-corrected chi connectivity index (χ0v) is 12.2. The molecule has 0 aliphatic carbocycles. The van der Waals surface area contributed by atoms with Gasteiger partial charge >= 0.3 is 0 Å². The summed E-state index contributed by atoms with van der Waals surface area (Å²) in [6, 6.07) is 3.50. The number of hydrogen-bond donors (Lipinski definition) is 3. The summed E-state index contributed by atoms with van der Waals surface area (Å²) in [5, 5.41) is 3.40. The first-order chi connectivity index (χ1) is 9.01. The van der Waals surface area contributed by atoms with Crippen molar-refractivity contribution in [2.75, 3.05) is 10.7 Å². The quantitative estimate of drug-likeness (QED) is 0.587. The number of benzene rings is 1. The average molecular weight is 347 g/mol. The van der Waals surface area contributed by atoms with Gasteiger partial charge in [0.2, 0.25) is 5.95 Å². The van der Waals surface area contributed by atoms with Crippen molar-refractivity contribution in [2.45, 2.75) is 6.92 Å². The average Bonchev–Trinajstić information content (AvgIpc) is 2.38. The molecule has 100 valence electrons. The van der Waals surface area contributed by atoms with E-state index >= 15 is 0 Å². The van der Waals surface area contributed by atoms with E-state index in [1.54, 1.807) is 6.07 Å². The Bertz CT molecular complexity index is 622. The molecule has 2 rings (SSSR count). The minimum Gasteiger partial charge on any atom is -0.337 e. The van der Waals surface area contributed by atoms with Gasteiger partial charge in [-0.2, -0.15) is 4.98 Å². The van der Waals surface area contributed by atoms with Crippen LogP contribution in [0, 0.1) is 12.7 Å². The standard InChI is InChI=1S/C11H10BrClFN5/c1-5-2-6(12)9(3-7(5)13)17-10-8(14)4-16-11(18-10)19-15/h2-4H,15H2,1H3,(H2,16,17,18,19). The van der Waals surface area contributed by atoms with Crippen molar-refractivity contribution in [1.29, 1.82) is 0 Å². The molecule has 0 spiro atoms. The summed E-state index contributed by atoms with van der Waals surface area (Å²) in [7, 11) is 0. The molecule has 8 heteroatoms. The van der Waals surface area contributed by atoms with E-state index in [1.165, 1.54) is 0 Å². The van der Waals surface area contributed by atoms with Gasteiger partial charge in [-0.3, -0.25) is 5.43 Å². The smallest absolute Gasteiger partial charge is 0.239 e. The number of aromatic nitrogens is 2. The van der Waals surface area contributed by atoms with Crippen LogP contribution < -0.4 is 16.6 Å².